The highest BCUT2D eigenvalue weighted by molar-refractivity contribution is 5.79. The van der Waals surface area contributed by atoms with Crippen molar-refractivity contribution in [2.45, 2.75) is 38.1 Å². The maximum absolute atomic E-state index is 4.56. The predicted octanol–water partition coefficient (Wildman–Crippen LogP) is 3.36. The Hall–Kier alpha value is -3.15. The molecule has 0 saturated heterocycles. The zero-order valence-electron chi connectivity index (χ0n) is 17.1. The Labute approximate surface area is 172 Å². The van der Waals surface area contributed by atoms with Crippen LogP contribution in [-0.2, 0) is 12.0 Å². The van der Waals surface area contributed by atoms with Gasteiger partial charge in [-0.1, -0.05) is 42.8 Å². The van der Waals surface area contributed by atoms with Crippen LogP contribution in [0.4, 0.5) is 0 Å². The number of guanidine groups is 1. The molecule has 1 aliphatic carbocycles. The topological polar surface area (TPSA) is 67.1 Å². The minimum Gasteiger partial charge on any atom is -0.356 e. The molecule has 29 heavy (non-hydrogen) atoms. The summed E-state index contributed by atoms with van der Waals surface area (Å²) in [7, 11) is 1.81. The summed E-state index contributed by atoms with van der Waals surface area (Å²) in [6.45, 7) is 3.54. The average Bonchev–Trinajstić information content (AvgIpc) is 3.16. The van der Waals surface area contributed by atoms with Gasteiger partial charge in [-0.3, -0.25) is 9.56 Å². The number of aliphatic imine (C=N–C) groups is 1. The minimum absolute atomic E-state index is 0.227. The lowest BCUT2D eigenvalue weighted by molar-refractivity contribution is 0.244. The minimum atomic E-state index is 0.227. The molecule has 0 unspecified atom stereocenters. The quantitative estimate of drug-likeness (QED) is 0.502. The van der Waals surface area contributed by atoms with Crippen molar-refractivity contribution < 1.29 is 0 Å². The van der Waals surface area contributed by atoms with Crippen molar-refractivity contribution in [2.24, 2.45) is 4.99 Å². The van der Waals surface area contributed by atoms with E-state index in [0.717, 1.165) is 29.7 Å². The van der Waals surface area contributed by atoms with Crippen LogP contribution in [0.2, 0.25) is 0 Å². The van der Waals surface area contributed by atoms with Gasteiger partial charge in [-0.2, -0.15) is 0 Å². The van der Waals surface area contributed by atoms with Crippen molar-refractivity contribution in [1.29, 1.82) is 0 Å². The summed E-state index contributed by atoms with van der Waals surface area (Å²) < 4.78 is 1.97. The van der Waals surface area contributed by atoms with Gasteiger partial charge in [0.15, 0.2) is 5.96 Å². The van der Waals surface area contributed by atoms with Gasteiger partial charge in [0.1, 0.15) is 11.6 Å². The molecule has 1 aliphatic rings. The second-order valence-corrected chi connectivity index (χ2v) is 7.65. The molecule has 4 rings (SSSR count). The molecule has 1 fully saturated rings. The van der Waals surface area contributed by atoms with E-state index in [4.69, 9.17) is 0 Å². The predicted molar refractivity (Wildman–Crippen MR) is 116 cm³/mol. The molecule has 3 aromatic rings. The van der Waals surface area contributed by atoms with Gasteiger partial charge in [-0.15, -0.1) is 0 Å². The van der Waals surface area contributed by atoms with Crippen LogP contribution >= 0.6 is 0 Å². The summed E-state index contributed by atoms with van der Waals surface area (Å²) in [6, 6.07) is 14.9. The number of pyridine rings is 1. The van der Waals surface area contributed by atoms with Crippen LogP contribution in [-0.4, -0.2) is 34.1 Å². The molecule has 1 aromatic carbocycles. The third-order valence-electron chi connectivity index (χ3n) is 5.86. The smallest absolute Gasteiger partial charge is 0.191 e. The van der Waals surface area contributed by atoms with Crippen molar-refractivity contribution in [3.8, 4) is 5.82 Å². The highest BCUT2D eigenvalue weighted by Gasteiger charge is 2.38. The van der Waals surface area contributed by atoms with Crippen molar-refractivity contribution in [3.63, 3.8) is 0 Å². The van der Waals surface area contributed by atoms with E-state index in [9.17, 15) is 0 Å². The zero-order chi connectivity index (χ0) is 20.1. The Morgan fingerprint density at radius 1 is 1.10 bits per heavy atom. The van der Waals surface area contributed by atoms with E-state index in [-0.39, 0.29) is 5.41 Å². The number of benzene rings is 1. The Kier molecular flexibility index (Phi) is 5.60. The van der Waals surface area contributed by atoms with Crippen LogP contribution < -0.4 is 10.6 Å². The number of nitrogens with zero attached hydrogens (tertiary/aromatic N) is 4. The van der Waals surface area contributed by atoms with Crippen LogP contribution in [0, 0.1) is 6.92 Å². The monoisotopic (exact) mass is 388 g/mol. The van der Waals surface area contributed by atoms with Crippen LogP contribution in [0.1, 0.15) is 36.2 Å². The maximum Gasteiger partial charge on any atom is 0.191 e. The van der Waals surface area contributed by atoms with Gasteiger partial charge in [0.2, 0.25) is 0 Å². The number of aromatic nitrogens is 3. The Bertz CT molecular complexity index is 955. The van der Waals surface area contributed by atoms with Crippen molar-refractivity contribution in [1.82, 2.24) is 25.2 Å². The summed E-state index contributed by atoms with van der Waals surface area (Å²) in [4.78, 5) is 13.2. The third-order valence-corrected chi connectivity index (χ3v) is 5.86. The first-order valence-corrected chi connectivity index (χ1v) is 10.2. The van der Waals surface area contributed by atoms with E-state index in [1.807, 2.05) is 37.0 Å². The molecule has 0 aliphatic heterocycles. The van der Waals surface area contributed by atoms with Gasteiger partial charge >= 0.3 is 0 Å². The Morgan fingerprint density at radius 2 is 1.93 bits per heavy atom. The summed E-state index contributed by atoms with van der Waals surface area (Å²) in [5, 5.41) is 6.93. The zero-order valence-corrected chi connectivity index (χ0v) is 17.1. The molecule has 0 atom stereocenters. The largest absolute Gasteiger partial charge is 0.356 e. The second-order valence-electron chi connectivity index (χ2n) is 7.65. The summed E-state index contributed by atoms with van der Waals surface area (Å²) >= 11 is 0. The van der Waals surface area contributed by atoms with E-state index in [2.05, 4.69) is 62.0 Å². The standard InChI is InChI=1S/C23H28N6/c1-18-25-13-14-29(18)21-10-9-19(15-26-21)16-27-22(24-2)28-17-23(11-6-12-23)20-7-4-3-5-8-20/h3-5,7-10,13-15H,6,11-12,16-17H2,1-2H3,(H2,24,27,28). The van der Waals surface area contributed by atoms with Crippen molar-refractivity contribution >= 4 is 5.96 Å². The lowest BCUT2D eigenvalue weighted by Crippen LogP contribution is -2.48. The fraction of sp³-hybridized carbons (Fsp3) is 0.348. The molecule has 1 saturated carbocycles. The van der Waals surface area contributed by atoms with Crippen LogP contribution in [0.3, 0.4) is 0 Å². The third kappa shape index (κ3) is 4.16. The second kappa shape index (κ2) is 8.47. The molecular weight excluding hydrogens is 360 g/mol. The lowest BCUT2D eigenvalue weighted by atomic mass is 9.64. The Balaban J connectivity index is 1.33. The molecule has 2 aromatic heterocycles. The van der Waals surface area contributed by atoms with Gasteiger partial charge in [0.05, 0.1) is 0 Å². The fourth-order valence-electron chi connectivity index (χ4n) is 3.91. The van der Waals surface area contributed by atoms with Crippen LogP contribution in [0.15, 0.2) is 66.0 Å². The summed E-state index contributed by atoms with van der Waals surface area (Å²) in [5.41, 5.74) is 2.75. The first-order chi connectivity index (χ1) is 14.2. The van der Waals surface area contributed by atoms with Gasteiger partial charge in [0, 0.05) is 44.1 Å². The number of aryl methyl sites for hydroxylation is 1. The van der Waals surface area contributed by atoms with E-state index >= 15 is 0 Å². The lowest BCUT2D eigenvalue weighted by Gasteiger charge is -2.43. The Morgan fingerprint density at radius 3 is 2.52 bits per heavy atom. The highest BCUT2D eigenvalue weighted by atomic mass is 15.2. The number of nitrogens with one attached hydrogen (secondary N) is 2. The molecule has 6 heteroatoms. The van der Waals surface area contributed by atoms with Crippen LogP contribution in [0.5, 0.6) is 0 Å². The normalized spacial score (nSPS) is 15.6. The van der Waals surface area contributed by atoms with Crippen molar-refractivity contribution in [2.75, 3.05) is 13.6 Å². The number of hydrogen-bond donors (Lipinski definition) is 2. The van der Waals surface area contributed by atoms with Gasteiger partial charge < -0.3 is 10.6 Å². The van der Waals surface area contributed by atoms with E-state index in [1.165, 1.54) is 24.8 Å². The summed E-state index contributed by atoms with van der Waals surface area (Å²) in [6.07, 6.45) is 9.33. The molecular formula is C23H28N6. The maximum atomic E-state index is 4.56. The average molecular weight is 389 g/mol. The highest BCUT2D eigenvalue weighted by Crippen LogP contribution is 2.43. The van der Waals surface area contributed by atoms with Crippen molar-refractivity contribution in [3.05, 3.63) is 78.0 Å². The number of hydrogen-bond acceptors (Lipinski definition) is 3. The molecule has 0 bridgehead atoms. The van der Waals surface area contributed by atoms with Crippen LogP contribution in [0.25, 0.3) is 5.82 Å². The van der Waals surface area contributed by atoms with Gasteiger partial charge in [-0.05, 0) is 37.0 Å². The van der Waals surface area contributed by atoms with E-state index < -0.39 is 0 Å². The first kappa shape index (κ1) is 19.2. The summed E-state index contributed by atoms with van der Waals surface area (Å²) in [5.74, 6) is 2.62. The van der Waals surface area contributed by atoms with E-state index in [1.54, 1.807) is 6.20 Å². The first-order valence-electron chi connectivity index (χ1n) is 10.2. The number of imidazole rings is 1. The molecule has 0 spiro atoms. The number of rotatable bonds is 6. The van der Waals surface area contributed by atoms with Gasteiger partial charge in [-0.25, -0.2) is 9.97 Å². The van der Waals surface area contributed by atoms with Gasteiger partial charge in [0.25, 0.3) is 0 Å². The molecule has 2 N–H and O–H groups in total. The fourth-order valence-corrected chi connectivity index (χ4v) is 3.91. The molecule has 150 valence electrons. The molecule has 0 amide bonds. The molecule has 0 radical (unpaired) electrons. The van der Waals surface area contributed by atoms with E-state index in [0.29, 0.717) is 6.54 Å². The SMILES string of the molecule is CN=C(NCc1ccc(-n2ccnc2C)nc1)NCC1(c2ccccc2)CCC1. The molecule has 2 heterocycles. The molecule has 6 nitrogen and oxygen atoms in total.